The van der Waals surface area contributed by atoms with Gasteiger partial charge in [0.25, 0.3) is 5.91 Å². The van der Waals surface area contributed by atoms with Crippen molar-refractivity contribution >= 4 is 28.2 Å². The number of rotatable bonds is 5. The van der Waals surface area contributed by atoms with Crippen molar-refractivity contribution in [3.05, 3.63) is 17.0 Å². The third-order valence-electron chi connectivity index (χ3n) is 2.98. The third-order valence-corrected chi connectivity index (χ3v) is 3.98. The molecule has 2 aromatic rings. The van der Waals surface area contributed by atoms with Gasteiger partial charge >= 0.3 is 0 Å². The van der Waals surface area contributed by atoms with Crippen molar-refractivity contribution in [1.82, 2.24) is 25.1 Å². The largest absolute Gasteiger partial charge is 0.382 e. The molecule has 0 atom stereocenters. The highest BCUT2D eigenvalue weighted by Crippen LogP contribution is 2.30. The van der Waals surface area contributed by atoms with Crippen LogP contribution >= 0.6 is 11.3 Å². The lowest BCUT2D eigenvalue weighted by Gasteiger charge is -2.02. The van der Waals surface area contributed by atoms with E-state index >= 15 is 0 Å². The average Bonchev–Trinajstić information content (AvgIpc) is 3.01. The first kappa shape index (κ1) is 12.9. The van der Waals surface area contributed by atoms with Gasteiger partial charge in [0.1, 0.15) is 17.0 Å². The smallest absolute Gasteiger partial charge is 0.265 e. The van der Waals surface area contributed by atoms with Crippen LogP contribution in [0.4, 0.5) is 10.9 Å². The van der Waals surface area contributed by atoms with Gasteiger partial charge in [-0.05, 0) is 12.8 Å². The van der Waals surface area contributed by atoms with E-state index in [0.29, 0.717) is 28.4 Å². The van der Waals surface area contributed by atoms with E-state index < -0.39 is 0 Å². The lowest BCUT2D eigenvalue weighted by molar-refractivity contribution is 0.0954. The van der Waals surface area contributed by atoms with E-state index in [1.54, 1.807) is 10.9 Å². The van der Waals surface area contributed by atoms with Crippen LogP contribution in [0, 0.1) is 0 Å². The zero-order valence-electron chi connectivity index (χ0n) is 11.0. The SMILES string of the molecule is Cn1cnnc1CNC(=O)c1sc(NC2CC2)nc1N. The summed E-state index contributed by atoms with van der Waals surface area (Å²) in [6.45, 7) is 0.304. The summed E-state index contributed by atoms with van der Waals surface area (Å²) in [4.78, 5) is 16.7. The summed E-state index contributed by atoms with van der Waals surface area (Å²) in [5.41, 5.74) is 5.78. The normalized spacial score (nSPS) is 14.2. The number of anilines is 2. The summed E-state index contributed by atoms with van der Waals surface area (Å²) < 4.78 is 1.75. The number of aryl methyl sites for hydroxylation is 1. The molecule has 1 aliphatic carbocycles. The Kier molecular flexibility index (Phi) is 3.26. The number of thiazole rings is 1. The van der Waals surface area contributed by atoms with Gasteiger partial charge < -0.3 is 20.9 Å². The number of nitrogens with two attached hydrogens (primary N) is 1. The molecule has 2 heterocycles. The van der Waals surface area contributed by atoms with Gasteiger partial charge in [-0.15, -0.1) is 10.2 Å². The van der Waals surface area contributed by atoms with Crippen LogP contribution in [0.25, 0.3) is 0 Å². The Morgan fingerprint density at radius 3 is 3.05 bits per heavy atom. The molecule has 0 aromatic carbocycles. The maximum Gasteiger partial charge on any atom is 0.265 e. The van der Waals surface area contributed by atoms with Crippen LogP contribution in [0.2, 0.25) is 0 Å². The predicted molar refractivity (Wildman–Crippen MR) is 75.3 cm³/mol. The van der Waals surface area contributed by atoms with Gasteiger partial charge in [-0.2, -0.15) is 0 Å². The molecule has 4 N–H and O–H groups in total. The summed E-state index contributed by atoms with van der Waals surface area (Å²) >= 11 is 1.28. The number of hydrogen-bond acceptors (Lipinski definition) is 7. The van der Waals surface area contributed by atoms with Crippen LogP contribution in [-0.4, -0.2) is 31.7 Å². The first-order chi connectivity index (χ1) is 9.63. The number of nitrogen functional groups attached to an aromatic ring is 1. The maximum absolute atomic E-state index is 12.1. The molecule has 0 bridgehead atoms. The second-order valence-corrected chi connectivity index (χ2v) is 5.69. The van der Waals surface area contributed by atoms with Crippen LogP contribution in [0.15, 0.2) is 6.33 Å². The fourth-order valence-corrected chi connectivity index (χ4v) is 2.54. The van der Waals surface area contributed by atoms with Crippen LogP contribution < -0.4 is 16.4 Å². The van der Waals surface area contributed by atoms with Crippen LogP contribution in [0.3, 0.4) is 0 Å². The Bertz CT molecular complexity index is 631. The number of nitrogens with one attached hydrogen (secondary N) is 2. The Morgan fingerprint density at radius 1 is 1.60 bits per heavy atom. The first-order valence-corrected chi connectivity index (χ1v) is 7.09. The Hall–Kier alpha value is -2.16. The zero-order chi connectivity index (χ0) is 14.1. The molecule has 1 fully saturated rings. The molecule has 0 saturated heterocycles. The minimum Gasteiger partial charge on any atom is -0.382 e. The standard InChI is InChI=1S/C11H15N7OS/c1-18-5-14-17-7(18)4-13-10(19)8-9(12)16-11(20-8)15-6-2-3-6/h5-6H,2-4,12H2,1H3,(H,13,19)(H,15,16). The molecule has 8 nitrogen and oxygen atoms in total. The predicted octanol–water partition coefficient (Wildman–Crippen LogP) is 0.358. The monoisotopic (exact) mass is 293 g/mol. The second kappa shape index (κ2) is 5.08. The van der Waals surface area contributed by atoms with E-state index in [1.165, 1.54) is 11.3 Å². The molecule has 9 heteroatoms. The minimum absolute atomic E-state index is 0.244. The molecule has 1 aliphatic rings. The van der Waals surface area contributed by atoms with Crippen molar-refractivity contribution in [3.63, 3.8) is 0 Å². The molecule has 106 valence electrons. The lowest BCUT2D eigenvalue weighted by Crippen LogP contribution is -2.24. The molecule has 20 heavy (non-hydrogen) atoms. The van der Waals surface area contributed by atoms with Gasteiger partial charge in [-0.3, -0.25) is 4.79 Å². The Morgan fingerprint density at radius 2 is 2.40 bits per heavy atom. The van der Waals surface area contributed by atoms with E-state index in [-0.39, 0.29) is 11.7 Å². The first-order valence-electron chi connectivity index (χ1n) is 6.27. The molecule has 1 saturated carbocycles. The van der Waals surface area contributed by atoms with Crippen LogP contribution in [0.1, 0.15) is 28.3 Å². The van der Waals surface area contributed by atoms with E-state index in [9.17, 15) is 4.79 Å². The molecular weight excluding hydrogens is 278 g/mol. The number of hydrogen-bond donors (Lipinski definition) is 3. The summed E-state index contributed by atoms with van der Waals surface area (Å²) in [6.07, 6.45) is 3.88. The third kappa shape index (κ3) is 2.72. The van der Waals surface area contributed by atoms with Crippen LogP contribution in [0.5, 0.6) is 0 Å². The highest BCUT2D eigenvalue weighted by Gasteiger charge is 2.24. The van der Waals surface area contributed by atoms with E-state index in [2.05, 4.69) is 25.8 Å². The van der Waals surface area contributed by atoms with E-state index in [4.69, 9.17) is 5.73 Å². The molecule has 0 radical (unpaired) electrons. The second-order valence-electron chi connectivity index (χ2n) is 4.69. The summed E-state index contributed by atoms with van der Waals surface area (Å²) in [7, 11) is 1.82. The minimum atomic E-state index is -0.244. The van der Waals surface area contributed by atoms with Crippen molar-refractivity contribution in [3.8, 4) is 0 Å². The lowest BCUT2D eigenvalue weighted by atomic mass is 10.4. The summed E-state index contributed by atoms with van der Waals surface area (Å²) in [5.74, 6) is 0.693. The highest BCUT2D eigenvalue weighted by molar-refractivity contribution is 7.18. The molecule has 1 amide bonds. The molecule has 2 aromatic heterocycles. The fraction of sp³-hybridized carbons (Fsp3) is 0.455. The van der Waals surface area contributed by atoms with E-state index in [0.717, 1.165) is 12.8 Å². The zero-order valence-corrected chi connectivity index (χ0v) is 11.8. The summed E-state index contributed by atoms with van der Waals surface area (Å²) in [5, 5.41) is 14.3. The average molecular weight is 293 g/mol. The van der Waals surface area contributed by atoms with Crippen LogP contribution in [-0.2, 0) is 13.6 Å². The van der Waals surface area contributed by atoms with Gasteiger partial charge in [0.15, 0.2) is 11.0 Å². The highest BCUT2D eigenvalue weighted by atomic mass is 32.1. The number of carbonyl (C=O) groups excluding carboxylic acids is 1. The van der Waals surface area contributed by atoms with Gasteiger partial charge in [0.2, 0.25) is 0 Å². The quantitative estimate of drug-likeness (QED) is 0.734. The molecule has 0 unspecified atom stereocenters. The number of amides is 1. The fourth-order valence-electron chi connectivity index (χ4n) is 1.67. The van der Waals surface area contributed by atoms with Crippen molar-refractivity contribution in [1.29, 1.82) is 0 Å². The Labute approximate surface area is 119 Å². The van der Waals surface area contributed by atoms with Crippen molar-refractivity contribution in [2.45, 2.75) is 25.4 Å². The van der Waals surface area contributed by atoms with Gasteiger partial charge in [-0.1, -0.05) is 11.3 Å². The van der Waals surface area contributed by atoms with E-state index in [1.807, 2.05) is 7.05 Å². The van der Waals surface area contributed by atoms with Crippen molar-refractivity contribution < 1.29 is 4.79 Å². The molecule has 0 spiro atoms. The number of aromatic nitrogens is 4. The van der Waals surface area contributed by atoms with Crippen molar-refractivity contribution in [2.75, 3.05) is 11.1 Å². The summed E-state index contributed by atoms with van der Waals surface area (Å²) in [6, 6.07) is 0.482. The van der Waals surface area contributed by atoms with Gasteiger partial charge in [0, 0.05) is 13.1 Å². The van der Waals surface area contributed by atoms with Crippen molar-refractivity contribution in [2.24, 2.45) is 7.05 Å². The Balaban J connectivity index is 1.64. The van der Waals surface area contributed by atoms with Gasteiger partial charge in [-0.25, -0.2) is 4.98 Å². The molecule has 0 aliphatic heterocycles. The molecule has 3 rings (SSSR count). The topological polar surface area (TPSA) is 111 Å². The maximum atomic E-state index is 12.1. The van der Waals surface area contributed by atoms with Gasteiger partial charge in [0.05, 0.1) is 6.54 Å². The number of carbonyl (C=O) groups is 1. The number of nitrogens with zero attached hydrogens (tertiary/aromatic N) is 4. The molecular formula is C11H15N7OS.